The third-order valence-corrected chi connectivity index (χ3v) is 5.50. The molecule has 1 amide bonds. The van der Waals surface area contributed by atoms with Crippen LogP contribution in [0, 0.1) is 0 Å². The van der Waals surface area contributed by atoms with E-state index in [1.54, 1.807) is 24.3 Å². The number of unbranched alkanes of at least 4 members (excludes halogenated alkanes) is 4. The zero-order chi connectivity index (χ0) is 25.4. The van der Waals surface area contributed by atoms with Crippen LogP contribution in [0.25, 0.3) is 0 Å². The van der Waals surface area contributed by atoms with E-state index in [0.717, 1.165) is 23.6 Å². The molecule has 0 heterocycles. The molecule has 0 saturated heterocycles. The second-order valence-corrected chi connectivity index (χ2v) is 8.64. The summed E-state index contributed by atoms with van der Waals surface area (Å²) in [6.07, 6.45) is 5.95. The highest BCUT2D eigenvalue weighted by Crippen LogP contribution is 2.18. The van der Waals surface area contributed by atoms with Crippen LogP contribution in [-0.2, 0) is 0 Å². The molecule has 0 aromatic heterocycles. The zero-order valence-electron chi connectivity index (χ0n) is 20.7. The first-order valence-corrected chi connectivity index (χ1v) is 12.8. The van der Waals surface area contributed by atoms with Crippen LogP contribution < -0.4 is 24.8 Å². The highest BCUT2D eigenvalue weighted by Gasteiger charge is 2.10. The molecule has 190 valence electrons. The maximum atomic E-state index is 12.7. The molecule has 36 heavy (non-hydrogen) atoms. The topological polar surface area (TPSA) is 68.8 Å². The maximum Gasteiger partial charge on any atom is 0.257 e. The van der Waals surface area contributed by atoms with Crippen molar-refractivity contribution in [2.45, 2.75) is 39.0 Å². The van der Waals surface area contributed by atoms with Gasteiger partial charge >= 0.3 is 0 Å². The van der Waals surface area contributed by atoms with E-state index in [1.165, 1.54) is 25.7 Å². The van der Waals surface area contributed by atoms with Crippen molar-refractivity contribution in [1.82, 2.24) is 5.32 Å². The largest absolute Gasteiger partial charge is 0.494 e. The Labute approximate surface area is 219 Å². The Morgan fingerprint density at radius 2 is 1.36 bits per heavy atom. The van der Waals surface area contributed by atoms with Crippen molar-refractivity contribution in [3.05, 3.63) is 84.4 Å². The number of carbonyl (C=O) groups is 1. The number of anilines is 1. The fraction of sp³-hybridized carbons (Fsp3) is 0.310. The van der Waals surface area contributed by atoms with Gasteiger partial charge in [-0.2, -0.15) is 0 Å². The highest BCUT2D eigenvalue weighted by atomic mass is 32.1. The number of para-hydroxylation sites is 1. The lowest BCUT2D eigenvalue weighted by molar-refractivity contribution is 0.0977. The van der Waals surface area contributed by atoms with Gasteiger partial charge in [0.2, 0.25) is 0 Å². The molecule has 7 heteroatoms. The number of nitrogens with one attached hydrogen (secondary N) is 2. The molecule has 0 spiro atoms. The van der Waals surface area contributed by atoms with Crippen molar-refractivity contribution in [3.63, 3.8) is 0 Å². The van der Waals surface area contributed by atoms with Crippen LogP contribution in [0.4, 0.5) is 5.69 Å². The number of hydrogen-bond donors (Lipinski definition) is 2. The number of hydrogen-bond acceptors (Lipinski definition) is 5. The van der Waals surface area contributed by atoms with Crippen LogP contribution in [0.1, 0.15) is 49.4 Å². The van der Waals surface area contributed by atoms with Gasteiger partial charge in [-0.3, -0.25) is 10.1 Å². The molecule has 3 rings (SSSR count). The fourth-order valence-electron chi connectivity index (χ4n) is 3.46. The van der Waals surface area contributed by atoms with Crippen LogP contribution in [-0.4, -0.2) is 30.8 Å². The Morgan fingerprint density at radius 1 is 0.722 bits per heavy atom. The molecule has 0 aliphatic carbocycles. The Hall–Kier alpha value is -3.58. The Balaban J connectivity index is 1.42. The summed E-state index contributed by atoms with van der Waals surface area (Å²) in [4.78, 5) is 12.7. The monoisotopic (exact) mass is 506 g/mol. The molecule has 0 aliphatic heterocycles. The molecule has 0 bridgehead atoms. The standard InChI is InChI=1S/C29H34N2O4S/c1-2-3-4-5-9-18-33-27-17-11-13-24(22-27)30-29(36)31-28(32)23-12-10-16-26(21-23)35-20-19-34-25-14-7-6-8-15-25/h6-8,10-17,21-22H,2-5,9,18-20H2,1H3,(H2,30,31,32,36). The summed E-state index contributed by atoms with van der Waals surface area (Å²) in [5, 5.41) is 5.97. The molecule has 2 N–H and O–H groups in total. The predicted molar refractivity (Wildman–Crippen MR) is 148 cm³/mol. The predicted octanol–water partition coefficient (Wildman–Crippen LogP) is 6.62. The van der Waals surface area contributed by atoms with E-state index >= 15 is 0 Å². The second-order valence-electron chi connectivity index (χ2n) is 8.24. The summed E-state index contributed by atoms with van der Waals surface area (Å²) in [5.41, 5.74) is 1.19. The minimum Gasteiger partial charge on any atom is -0.494 e. The van der Waals surface area contributed by atoms with Crippen LogP contribution in [0.3, 0.4) is 0 Å². The van der Waals surface area contributed by atoms with Gasteiger partial charge in [0.15, 0.2) is 5.11 Å². The first-order chi connectivity index (χ1) is 17.6. The molecule has 0 fully saturated rings. The van der Waals surface area contributed by atoms with Gasteiger partial charge in [-0.25, -0.2) is 0 Å². The normalized spacial score (nSPS) is 10.4. The maximum absolute atomic E-state index is 12.7. The van der Waals surface area contributed by atoms with Crippen molar-refractivity contribution < 1.29 is 19.0 Å². The Kier molecular flexibility index (Phi) is 11.6. The lowest BCUT2D eigenvalue weighted by Gasteiger charge is -2.12. The summed E-state index contributed by atoms with van der Waals surface area (Å²) in [6, 6.07) is 24.0. The lowest BCUT2D eigenvalue weighted by atomic mass is 10.2. The summed E-state index contributed by atoms with van der Waals surface area (Å²) >= 11 is 5.34. The third-order valence-electron chi connectivity index (χ3n) is 5.30. The minimum absolute atomic E-state index is 0.208. The van der Waals surface area contributed by atoms with Crippen molar-refractivity contribution in [2.24, 2.45) is 0 Å². The highest BCUT2D eigenvalue weighted by molar-refractivity contribution is 7.80. The summed E-state index contributed by atoms with van der Waals surface area (Å²) < 4.78 is 17.2. The van der Waals surface area contributed by atoms with Crippen LogP contribution in [0.5, 0.6) is 17.2 Å². The summed E-state index contributed by atoms with van der Waals surface area (Å²) in [7, 11) is 0. The van der Waals surface area contributed by atoms with Gasteiger partial charge in [0.05, 0.1) is 6.61 Å². The molecule has 0 unspecified atom stereocenters. The number of amides is 1. The van der Waals surface area contributed by atoms with Crippen molar-refractivity contribution in [2.75, 3.05) is 25.1 Å². The van der Waals surface area contributed by atoms with Gasteiger partial charge in [0, 0.05) is 17.3 Å². The molecule has 0 aliphatic rings. The molecular formula is C29H34N2O4S. The van der Waals surface area contributed by atoms with Crippen molar-refractivity contribution in [3.8, 4) is 17.2 Å². The summed E-state index contributed by atoms with van der Waals surface area (Å²) in [5.74, 6) is 1.82. The third kappa shape index (κ3) is 9.96. The smallest absolute Gasteiger partial charge is 0.257 e. The molecule has 0 radical (unpaired) electrons. The number of rotatable bonds is 14. The Bertz CT molecular complexity index is 1090. The van der Waals surface area contributed by atoms with Crippen molar-refractivity contribution >= 4 is 28.9 Å². The van der Waals surface area contributed by atoms with Crippen molar-refractivity contribution in [1.29, 1.82) is 0 Å². The van der Waals surface area contributed by atoms with E-state index in [9.17, 15) is 4.79 Å². The molecule has 6 nitrogen and oxygen atoms in total. The first-order valence-electron chi connectivity index (χ1n) is 12.4. The van der Waals surface area contributed by atoms with E-state index in [1.807, 2.05) is 54.6 Å². The first kappa shape index (κ1) is 27.0. The molecule has 3 aromatic carbocycles. The number of ether oxygens (including phenoxy) is 3. The minimum atomic E-state index is -0.321. The lowest BCUT2D eigenvalue weighted by Crippen LogP contribution is -2.34. The number of carbonyl (C=O) groups excluding carboxylic acids is 1. The molecule has 0 saturated carbocycles. The number of benzene rings is 3. The van der Waals surface area contributed by atoms with Crippen LogP contribution >= 0.6 is 12.2 Å². The average Bonchev–Trinajstić information content (AvgIpc) is 2.89. The zero-order valence-corrected chi connectivity index (χ0v) is 21.5. The van der Waals surface area contributed by atoms with Crippen LogP contribution in [0.15, 0.2) is 78.9 Å². The Morgan fingerprint density at radius 3 is 2.14 bits per heavy atom. The van der Waals surface area contributed by atoms with Gasteiger partial charge in [-0.05, 0) is 61.1 Å². The van der Waals surface area contributed by atoms with Gasteiger partial charge in [-0.15, -0.1) is 0 Å². The molecule has 3 aromatic rings. The summed E-state index contributed by atoms with van der Waals surface area (Å²) in [6.45, 7) is 3.65. The van der Waals surface area contributed by atoms with E-state index < -0.39 is 0 Å². The van der Waals surface area contributed by atoms with Gasteiger partial charge < -0.3 is 19.5 Å². The quantitative estimate of drug-likeness (QED) is 0.189. The molecule has 0 atom stereocenters. The SMILES string of the molecule is CCCCCCCOc1cccc(NC(=S)NC(=O)c2cccc(OCCOc3ccccc3)c2)c1. The van der Waals surface area contributed by atoms with Gasteiger partial charge in [0.25, 0.3) is 5.91 Å². The van der Waals surface area contributed by atoms with Crippen LogP contribution in [0.2, 0.25) is 0 Å². The van der Waals surface area contributed by atoms with E-state index in [0.29, 0.717) is 31.1 Å². The fourth-order valence-corrected chi connectivity index (χ4v) is 3.67. The number of thiocarbonyl (C=S) groups is 1. The van der Waals surface area contributed by atoms with Gasteiger partial charge in [-0.1, -0.05) is 62.9 Å². The molecular weight excluding hydrogens is 472 g/mol. The van der Waals surface area contributed by atoms with E-state index in [2.05, 4.69) is 17.6 Å². The van der Waals surface area contributed by atoms with Gasteiger partial charge in [0.1, 0.15) is 30.5 Å². The second kappa shape index (κ2) is 15.4. The van der Waals surface area contributed by atoms with E-state index in [-0.39, 0.29) is 11.0 Å². The average molecular weight is 507 g/mol. The van der Waals surface area contributed by atoms with E-state index in [4.69, 9.17) is 26.4 Å².